The quantitative estimate of drug-likeness (QED) is 0.487. The second kappa shape index (κ2) is 9.30. The summed E-state index contributed by atoms with van der Waals surface area (Å²) in [6.45, 7) is 0.532. The summed E-state index contributed by atoms with van der Waals surface area (Å²) in [6, 6.07) is 18.7. The van der Waals surface area contributed by atoms with Gasteiger partial charge in [-0.05, 0) is 23.8 Å². The van der Waals surface area contributed by atoms with E-state index in [1.54, 1.807) is 50.6 Å². The van der Waals surface area contributed by atoms with Crippen molar-refractivity contribution in [1.29, 1.82) is 0 Å². The molecule has 8 heteroatoms. The number of pyridine rings is 1. The first-order valence-corrected chi connectivity index (χ1v) is 10.1. The molecule has 0 unspecified atom stereocenters. The fraction of sp³-hybridized carbons (Fsp3) is 0.167. The molecular weight excluding hydrogens is 406 g/mol. The molecule has 0 spiro atoms. The van der Waals surface area contributed by atoms with Crippen LogP contribution in [0.4, 0.5) is 5.69 Å². The highest BCUT2D eigenvalue weighted by molar-refractivity contribution is 6.05. The molecule has 2 amide bonds. The minimum Gasteiger partial charge on any atom is -0.484 e. The number of aromatic nitrogens is 3. The van der Waals surface area contributed by atoms with Crippen molar-refractivity contribution in [2.45, 2.75) is 6.54 Å². The summed E-state index contributed by atoms with van der Waals surface area (Å²) in [6.07, 6.45) is 3.25. The standard InChI is InChI=1S/C24H23N5O3/c1-28(2)22(30)16-32-21-10-6-9-20(12-21)27-24(31)19-11-18-14-26-29(23(18)25-13-19)15-17-7-4-3-5-8-17/h3-14H,15-16H2,1-2H3,(H,27,31). The van der Waals surface area contributed by atoms with Gasteiger partial charge in [0, 0.05) is 37.4 Å². The van der Waals surface area contributed by atoms with Gasteiger partial charge in [0.25, 0.3) is 11.8 Å². The number of carbonyl (C=O) groups excluding carboxylic acids is 2. The van der Waals surface area contributed by atoms with Crippen molar-refractivity contribution in [2.75, 3.05) is 26.0 Å². The zero-order valence-electron chi connectivity index (χ0n) is 17.9. The van der Waals surface area contributed by atoms with Crippen molar-refractivity contribution < 1.29 is 14.3 Å². The van der Waals surface area contributed by atoms with Crippen LogP contribution in [0.15, 0.2) is 73.1 Å². The minimum absolute atomic E-state index is 0.0715. The van der Waals surface area contributed by atoms with E-state index in [4.69, 9.17) is 4.74 Å². The van der Waals surface area contributed by atoms with Crippen LogP contribution in [0.3, 0.4) is 0 Å². The smallest absolute Gasteiger partial charge is 0.259 e. The molecule has 1 N–H and O–H groups in total. The lowest BCUT2D eigenvalue weighted by molar-refractivity contribution is -0.130. The van der Waals surface area contributed by atoms with Crippen molar-refractivity contribution in [3.8, 4) is 5.75 Å². The molecule has 0 atom stereocenters. The van der Waals surface area contributed by atoms with Gasteiger partial charge in [0.2, 0.25) is 0 Å². The molecule has 0 saturated carbocycles. The number of likely N-dealkylation sites (N-methyl/N-ethyl adjacent to an activating group) is 1. The summed E-state index contributed by atoms with van der Waals surface area (Å²) in [5.74, 6) is 0.0529. The number of carbonyl (C=O) groups is 2. The van der Waals surface area contributed by atoms with E-state index in [-0.39, 0.29) is 18.4 Å². The van der Waals surface area contributed by atoms with Crippen LogP contribution >= 0.6 is 0 Å². The van der Waals surface area contributed by atoms with Gasteiger partial charge in [-0.2, -0.15) is 5.10 Å². The number of hydrogen-bond donors (Lipinski definition) is 1. The Labute approximate surface area is 185 Å². The first-order chi connectivity index (χ1) is 15.5. The van der Waals surface area contributed by atoms with Crippen LogP contribution < -0.4 is 10.1 Å². The maximum absolute atomic E-state index is 12.7. The molecular formula is C24H23N5O3. The predicted octanol–water partition coefficient (Wildman–Crippen LogP) is 3.20. The molecule has 8 nitrogen and oxygen atoms in total. The van der Waals surface area contributed by atoms with E-state index in [9.17, 15) is 9.59 Å². The first kappa shape index (κ1) is 21.0. The summed E-state index contributed by atoms with van der Waals surface area (Å²) in [4.78, 5) is 30.3. The Morgan fingerprint density at radius 3 is 2.62 bits per heavy atom. The molecule has 0 fully saturated rings. The number of anilines is 1. The molecule has 0 radical (unpaired) electrons. The van der Waals surface area contributed by atoms with Gasteiger partial charge in [0.1, 0.15) is 5.75 Å². The fourth-order valence-electron chi connectivity index (χ4n) is 3.11. The zero-order valence-corrected chi connectivity index (χ0v) is 17.9. The molecule has 0 bridgehead atoms. The maximum Gasteiger partial charge on any atom is 0.259 e. The SMILES string of the molecule is CN(C)C(=O)COc1cccc(NC(=O)c2cnc3c(cnn3Cc3ccccc3)c2)c1. The van der Waals surface area contributed by atoms with E-state index in [2.05, 4.69) is 15.4 Å². The lowest BCUT2D eigenvalue weighted by Crippen LogP contribution is -2.27. The third-order valence-corrected chi connectivity index (χ3v) is 4.87. The number of nitrogens with zero attached hydrogens (tertiary/aromatic N) is 4. The highest BCUT2D eigenvalue weighted by Gasteiger charge is 2.12. The van der Waals surface area contributed by atoms with E-state index in [1.807, 2.05) is 35.0 Å². The maximum atomic E-state index is 12.7. The van der Waals surface area contributed by atoms with Crippen LogP contribution in [-0.4, -0.2) is 52.2 Å². The second-order valence-corrected chi connectivity index (χ2v) is 7.48. The summed E-state index contributed by atoms with van der Waals surface area (Å²) in [5.41, 5.74) is 2.82. The van der Waals surface area contributed by atoms with Crippen LogP contribution in [0.25, 0.3) is 11.0 Å². The molecule has 2 heterocycles. The average Bonchev–Trinajstić information content (AvgIpc) is 3.20. The Balaban J connectivity index is 1.45. The lowest BCUT2D eigenvalue weighted by Gasteiger charge is -2.12. The second-order valence-electron chi connectivity index (χ2n) is 7.48. The molecule has 0 aliphatic heterocycles. The van der Waals surface area contributed by atoms with Gasteiger partial charge >= 0.3 is 0 Å². The molecule has 2 aromatic carbocycles. The molecule has 0 aliphatic carbocycles. The zero-order chi connectivity index (χ0) is 22.5. The number of nitrogens with one attached hydrogen (secondary N) is 1. The summed E-state index contributed by atoms with van der Waals surface area (Å²) >= 11 is 0. The van der Waals surface area contributed by atoms with Gasteiger partial charge in [0.15, 0.2) is 12.3 Å². The van der Waals surface area contributed by atoms with Crippen LogP contribution in [0, 0.1) is 0 Å². The van der Waals surface area contributed by atoms with Gasteiger partial charge in [0.05, 0.1) is 18.3 Å². The normalized spacial score (nSPS) is 10.7. The van der Waals surface area contributed by atoms with E-state index in [1.165, 1.54) is 11.1 Å². The molecule has 32 heavy (non-hydrogen) atoms. The fourth-order valence-corrected chi connectivity index (χ4v) is 3.11. The Morgan fingerprint density at radius 2 is 1.84 bits per heavy atom. The van der Waals surface area contributed by atoms with Crippen molar-refractivity contribution in [2.24, 2.45) is 0 Å². The molecule has 162 valence electrons. The van der Waals surface area contributed by atoms with Crippen LogP contribution in [0.1, 0.15) is 15.9 Å². The van der Waals surface area contributed by atoms with Gasteiger partial charge in [-0.1, -0.05) is 36.4 Å². The third kappa shape index (κ3) is 4.92. The van der Waals surface area contributed by atoms with Gasteiger partial charge in [-0.25, -0.2) is 9.67 Å². The topological polar surface area (TPSA) is 89.3 Å². The van der Waals surface area contributed by atoms with Crippen LogP contribution in [0.5, 0.6) is 5.75 Å². The lowest BCUT2D eigenvalue weighted by atomic mass is 10.2. The minimum atomic E-state index is -0.295. The first-order valence-electron chi connectivity index (χ1n) is 10.1. The molecule has 4 rings (SSSR count). The monoisotopic (exact) mass is 429 g/mol. The Hall–Kier alpha value is -4.20. The van der Waals surface area contributed by atoms with Gasteiger partial charge < -0.3 is 15.0 Å². The number of amides is 2. The van der Waals surface area contributed by atoms with Crippen LogP contribution in [0.2, 0.25) is 0 Å². The largest absolute Gasteiger partial charge is 0.484 e. The van der Waals surface area contributed by atoms with Crippen molar-refractivity contribution in [1.82, 2.24) is 19.7 Å². The summed E-state index contributed by atoms with van der Waals surface area (Å²) in [5, 5.41) is 8.03. The van der Waals surface area contributed by atoms with E-state index >= 15 is 0 Å². The molecule has 0 saturated heterocycles. The summed E-state index contributed by atoms with van der Waals surface area (Å²) < 4.78 is 7.31. The van der Waals surface area contributed by atoms with E-state index in [0.717, 1.165) is 10.9 Å². The number of fused-ring (bicyclic) bond motifs is 1. The number of rotatable bonds is 7. The predicted molar refractivity (Wildman–Crippen MR) is 122 cm³/mol. The van der Waals surface area contributed by atoms with Crippen molar-refractivity contribution in [3.05, 3.63) is 84.2 Å². The Bertz CT molecular complexity index is 1250. The Morgan fingerprint density at radius 1 is 1.03 bits per heavy atom. The number of ether oxygens (including phenoxy) is 1. The number of benzene rings is 2. The summed E-state index contributed by atoms with van der Waals surface area (Å²) in [7, 11) is 3.33. The van der Waals surface area contributed by atoms with Crippen molar-refractivity contribution >= 4 is 28.5 Å². The highest BCUT2D eigenvalue weighted by Crippen LogP contribution is 2.19. The molecule has 2 aromatic heterocycles. The van der Waals surface area contributed by atoms with Gasteiger partial charge in [-0.15, -0.1) is 0 Å². The van der Waals surface area contributed by atoms with Crippen molar-refractivity contribution in [3.63, 3.8) is 0 Å². The van der Waals surface area contributed by atoms with E-state index in [0.29, 0.717) is 29.2 Å². The molecule has 0 aliphatic rings. The Kier molecular flexibility index (Phi) is 6.12. The van der Waals surface area contributed by atoms with Gasteiger partial charge in [-0.3, -0.25) is 9.59 Å². The molecule has 4 aromatic rings. The van der Waals surface area contributed by atoms with E-state index < -0.39 is 0 Å². The van der Waals surface area contributed by atoms with Crippen LogP contribution in [-0.2, 0) is 11.3 Å². The third-order valence-electron chi connectivity index (χ3n) is 4.87. The average molecular weight is 429 g/mol. The highest BCUT2D eigenvalue weighted by atomic mass is 16.5. The number of hydrogen-bond acceptors (Lipinski definition) is 5.